The Hall–Kier alpha value is -0.940. The van der Waals surface area contributed by atoms with Gasteiger partial charge in [0.15, 0.2) is 0 Å². The standard InChI is InChI=1S/C10H11BrFNO2/c1-5(9(13)10(14)15)7-3-2-6(12)4-8(7)11/h2-5,9H,13H2,1H3,(H,14,15). The smallest absolute Gasteiger partial charge is 0.321 e. The van der Waals surface area contributed by atoms with Crippen LogP contribution in [0.5, 0.6) is 0 Å². The molecule has 2 atom stereocenters. The van der Waals surface area contributed by atoms with Crippen molar-refractivity contribution in [2.45, 2.75) is 18.9 Å². The average Bonchev–Trinajstić information content (AvgIpc) is 2.15. The number of hydrogen-bond acceptors (Lipinski definition) is 2. The van der Waals surface area contributed by atoms with E-state index in [2.05, 4.69) is 15.9 Å². The first-order chi connectivity index (χ1) is 6.93. The van der Waals surface area contributed by atoms with Gasteiger partial charge in [0.05, 0.1) is 0 Å². The minimum atomic E-state index is -1.07. The van der Waals surface area contributed by atoms with E-state index in [4.69, 9.17) is 10.8 Å². The van der Waals surface area contributed by atoms with E-state index in [9.17, 15) is 9.18 Å². The summed E-state index contributed by atoms with van der Waals surface area (Å²) in [6.07, 6.45) is 0. The Morgan fingerprint density at radius 2 is 2.20 bits per heavy atom. The van der Waals surface area contributed by atoms with Crippen LogP contribution in [0.25, 0.3) is 0 Å². The van der Waals surface area contributed by atoms with Gasteiger partial charge in [0, 0.05) is 10.4 Å². The zero-order valence-electron chi connectivity index (χ0n) is 8.08. The van der Waals surface area contributed by atoms with E-state index >= 15 is 0 Å². The Balaban J connectivity index is 3.01. The second-order valence-corrected chi connectivity index (χ2v) is 4.17. The molecule has 0 saturated heterocycles. The highest BCUT2D eigenvalue weighted by molar-refractivity contribution is 9.10. The SMILES string of the molecule is CC(c1ccc(F)cc1Br)C(N)C(=O)O. The fourth-order valence-corrected chi connectivity index (χ4v) is 1.99. The predicted octanol–water partition coefficient (Wildman–Crippen LogP) is 2.10. The Bertz CT molecular complexity index is 384. The number of rotatable bonds is 3. The first-order valence-electron chi connectivity index (χ1n) is 4.37. The fraction of sp³-hybridized carbons (Fsp3) is 0.300. The Labute approximate surface area is 95.2 Å². The molecule has 0 aliphatic rings. The number of nitrogens with two attached hydrogens (primary N) is 1. The van der Waals surface area contributed by atoms with Gasteiger partial charge in [-0.05, 0) is 17.7 Å². The number of aliphatic carboxylic acids is 1. The number of carboxylic acids is 1. The molecule has 0 radical (unpaired) electrons. The number of carboxylic acid groups (broad SMARTS) is 1. The number of benzene rings is 1. The average molecular weight is 276 g/mol. The van der Waals surface area contributed by atoms with E-state index in [-0.39, 0.29) is 11.7 Å². The second kappa shape index (κ2) is 4.72. The van der Waals surface area contributed by atoms with Crippen LogP contribution in [0.15, 0.2) is 22.7 Å². The molecule has 0 bridgehead atoms. The number of halogens is 2. The summed E-state index contributed by atoms with van der Waals surface area (Å²) < 4.78 is 13.3. The van der Waals surface area contributed by atoms with Gasteiger partial charge in [-0.3, -0.25) is 4.79 Å². The van der Waals surface area contributed by atoms with E-state index in [0.29, 0.717) is 10.0 Å². The number of carbonyl (C=O) groups is 1. The maximum atomic E-state index is 12.8. The molecular weight excluding hydrogens is 265 g/mol. The monoisotopic (exact) mass is 275 g/mol. The highest BCUT2D eigenvalue weighted by atomic mass is 79.9. The summed E-state index contributed by atoms with van der Waals surface area (Å²) in [4.78, 5) is 10.7. The van der Waals surface area contributed by atoms with Gasteiger partial charge in [-0.2, -0.15) is 0 Å². The summed E-state index contributed by atoms with van der Waals surface area (Å²) >= 11 is 3.18. The van der Waals surface area contributed by atoms with E-state index in [1.54, 1.807) is 6.92 Å². The summed E-state index contributed by atoms with van der Waals surface area (Å²) in [6.45, 7) is 1.69. The Morgan fingerprint density at radius 1 is 1.60 bits per heavy atom. The summed E-state index contributed by atoms with van der Waals surface area (Å²) in [5, 5.41) is 8.74. The van der Waals surface area contributed by atoms with Crippen LogP contribution in [0, 0.1) is 5.82 Å². The molecule has 3 N–H and O–H groups in total. The van der Waals surface area contributed by atoms with Crippen molar-refractivity contribution in [3.8, 4) is 0 Å². The molecule has 1 aromatic carbocycles. The zero-order valence-corrected chi connectivity index (χ0v) is 9.66. The topological polar surface area (TPSA) is 63.3 Å². The molecule has 0 heterocycles. The molecule has 1 aromatic rings. The first-order valence-corrected chi connectivity index (χ1v) is 5.16. The van der Waals surface area contributed by atoms with Crippen molar-refractivity contribution in [3.05, 3.63) is 34.1 Å². The van der Waals surface area contributed by atoms with Gasteiger partial charge >= 0.3 is 5.97 Å². The van der Waals surface area contributed by atoms with Crippen LogP contribution in [0.2, 0.25) is 0 Å². The fourth-order valence-electron chi connectivity index (χ4n) is 1.28. The van der Waals surface area contributed by atoms with Crippen LogP contribution in [0.4, 0.5) is 4.39 Å². The second-order valence-electron chi connectivity index (χ2n) is 3.32. The normalized spacial score (nSPS) is 14.7. The molecular formula is C10H11BrFNO2. The summed E-state index contributed by atoms with van der Waals surface area (Å²) in [7, 11) is 0. The summed E-state index contributed by atoms with van der Waals surface area (Å²) in [5.41, 5.74) is 6.17. The molecule has 2 unspecified atom stereocenters. The molecule has 1 rings (SSSR count). The third kappa shape index (κ3) is 2.76. The molecule has 0 aliphatic heterocycles. The molecule has 0 amide bonds. The molecule has 82 valence electrons. The molecule has 15 heavy (non-hydrogen) atoms. The van der Waals surface area contributed by atoms with Crippen molar-refractivity contribution >= 4 is 21.9 Å². The molecule has 0 saturated carbocycles. The van der Waals surface area contributed by atoms with Crippen LogP contribution < -0.4 is 5.73 Å². The molecule has 0 fully saturated rings. The highest BCUT2D eigenvalue weighted by Gasteiger charge is 2.23. The van der Waals surface area contributed by atoms with Crippen LogP contribution in [0.3, 0.4) is 0 Å². The van der Waals surface area contributed by atoms with Crippen LogP contribution in [-0.4, -0.2) is 17.1 Å². The molecule has 0 aliphatic carbocycles. The summed E-state index contributed by atoms with van der Waals surface area (Å²) in [6, 6.07) is 3.12. The minimum Gasteiger partial charge on any atom is -0.480 e. The predicted molar refractivity (Wildman–Crippen MR) is 58.1 cm³/mol. The largest absolute Gasteiger partial charge is 0.480 e. The highest BCUT2D eigenvalue weighted by Crippen LogP contribution is 2.27. The van der Waals surface area contributed by atoms with Crippen molar-refractivity contribution in [2.24, 2.45) is 5.73 Å². The van der Waals surface area contributed by atoms with Gasteiger partial charge in [-0.25, -0.2) is 4.39 Å². The lowest BCUT2D eigenvalue weighted by molar-refractivity contribution is -0.139. The van der Waals surface area contributed by atoms with Crippen molar-refractivity contribution in [1.29, 1.82) is 0 Å². The van der Waals surface area contributed by atoms with Crippen LogP contribution >= 0.6 is 15.9 Å². The van der Waals surface area contributed by atoms with Gasteiger partial charge in [-0.15, -0.1) is 0 Å². The minimum absolute atomic E-state index is 0.373. The Kier molecular flexibility index (Phi) is 3.82. The van der Waals surface area contributed by atoms with Crippen molar-refractivity contribution in [3.63, 3.8) is 0 Å². The first kappa shape index (κ1) is 12.1. The quantitative estimate of drug-likeness (QED) is 0.888. The van der Waals surface area contributed by atoms with E-state index < -0.39 is 12.0 Å². The van der Waals surface area contributed by atoms with Crippen LogP contribution in [-0.2, 0) is 4.79 Å². The number of hydrogen-bond donors (Lipinski definition) is 2. The van der Waals surface area contributed by atoms with Crippen molar-refractivity contribution in [2.75, 3.05) is 0 Å². The van der Waals surface area contributed by atoms with Gasteiger partial charge in [0.1, 0.15) is 11.9 Å². The lowest BCUT2D eigenvalue weighted by Crippen LogP contribution is -2.35. The molecule has 0 aromatic heterocycles. The van der Waals surface area contributed by atoms with Gasteiger partial charge < -0.3 is 10.8 Å². The lowest BCUT2D eigenvalue weighted by atomic mass is 9.94. The van der Waals surface area contributed by atoms with E-state index in [0.717, 1.165) is 0 Å². The zero-order chi connectivity index (χ0) is 11.6. The molecule has 5 heteroatoms. The maximum absolute atomic E-state index is 12.8. The van der Waals surface area contributed by atoms with Gasteiger partial charge in [0.2, 0.25) is 0 Å². The third-order valence-corrected chi connectivity index (χ3v) is 2.96. The van der Waals surface area contributed by atoms with Crippen molar-refractivity contribution in [1.82, 2.24) is 0 Å². The molecule has 0 spiro atoms. The summed E-state index contributed by atoms with van der Waals surface area (Å²) in [5.74, 6) is -1.82. The van der Waals surface area contributed by atoms with Crippen LogP contribution in [0.1, 0.15) is 18.4 Å². The lowest BCUT2D eigenvalue weighted by Gasteiger charge is -2.17. The van der Waals surface area contributed by atoms with E-state index in [1.807, 2.05) is 0 Å². The Morgan fingerprint density at radius 3 is 2.67 bits per heavy atom. The van der Waals surface area contributed by atoms with Gasteiger partial charge in [-0.1, -0.05) is 28.9 Å². The van der Waals surface area contributed by atoms with Crippen molar-refractivity contribution < 1.29 is 14.3 Å². The van der Waals surface area contributed by atoms with Gasteiger partial charge in [0.25, 0.3) is 0 Å². The third-order valence-electron chi connectivity index (χ3n) is 2.28. The maximum Gasteiger partial charge on any atom is 0.321 e. The molecule has 3 nitrogen and oxygen atoms in total. The van der Waals surface area contributed by atoms with E-state index in [1.165, 1.54) is 18.2 Å².